The van der Waals surface area contributed by atoms with Crippen molar-refractivity contribution in [1.82, 2.24) is 0 Å². The van der Waals surface area contributed by atoms with Crippen LogP contribution in [0.15, 0.2) is 60.8 Å². The molecule has 0 saturated carbocycles. The van der Waals surface area contributed by atoms with Crippen LogP contribution in [0.25, 0.3) is 0 Å². The molecule has 0 fully saturated rings. The van der Waals surface area contributed by atoms with Crippen LogP contribution in [-0.2, 0) is 23.8 Å². The maximum absolute atomic E-state index is 12.7. The van der Waals surface area contributed by atoms with Crippen LogP contribution in [-0.4, -0.2) is 37.9 Å². The molecule has 0 saturated heterocycles. The Kier molecular flexibility index (Phi) is 56.8. The van der Waals surface area contributed by atoms with Gasteiger partial charge < -0.3 is 14.2 Å². The van der Waals surface area contributed by atoms with Crippen LogP contribution in [0.5, 0.6) is 0 Å². The second kappa shape index (κ2) is 58.9. The maximum atomic E-state index is 12.7. The third-order valence-electron chi connectivity index (χ3n) is 13.1. The molecule has 0 aliphatic rings. The molecule has 0 N–H and O–H groups in total. The lowest BCUT2D eigenvalue weighted by molar-refractivity contribution is -0.155. The quantitative estimate of drug-likeness (QED) is 0.0345. The largest absolute Gasteiger partial charge is 0.463 e. The van der Waals surface area contributed by atoms with E-state index >= 15 is 0 Å². The first-order valence-electron chi connectivity index (χ1n) is 29.8. The number of esters is 2. The molecule has 68 heavy (non-hydrogen) atoms. The van der Waals surface area contributed by atoms with Gasteiger partial charge in [-0.15, -0.1) is 0 Å². The van der Waals surface area contributed by atoms with Crippen LogP contribution >= 0.6 is 0 Å². The Labute approximate surface area is 424 Å². The Bertz CT molecular complexity index is 1170. The predicted octanol–water partition coefficient (Wildman–Crippen LogP) is 20.5. The first kappa shape index (κ1) is 65.6. The molecule has 0 rings (SSSR count). The molecular formula is C63H114O5. The molecule has 0 unspecified atom stereocenters. The third kappa shape index (κ3) is 56.2. The topological polar surface area (TPSA) is 61.8 Å². The summed E-state index contributed by atoms with van der Waals surface area (Å²) in [6.07, 6.45) is 75.6. The van der Waals surface area contributed by atoms with E-state index in [1.807, 2.05) is 0 Å². The Morgan fingerprint density at radius 3 is 0.971 bits per heavy atom. The summed E-state index contributed by atoms with van der Waals surface area (Å²) in [7, 11) is 0. The Balaban J connectivity index is 4.31. The van der Waals surface area contributed by atoms with Gasteiger partial charge in [-0.05, 0) is 83.5 Å². The van der Waals surface area contributed by atoms with Gasteiger partial charge in [-0.25, -0.2) is 0 Å². The SMILES string of the molecule is CCCCC/C=C\C/C=C\C/C=C\C/C=C\CCCC(=O)OC[C@H](COC(=O)CCCCCCCCCCC/C=C\CCCCCCCC)OCCCCCCCCCCCCCCCCCC. The van der Waals surface area contributed by atoms with E-state index in [1.54, 1.807) is 0 Å². The molecule has 396 valence electrons. The molecule has 0 aliphatic carbocycles. The fourth-order valence-electron chi connectivity index (χ4n) is 8.53. The highest BCUT2D eigenvalue weighted by Crippen LogP contribution is 2.16. The van der Waals surface area contributed by atoms with Gasteiger partial charge in [0.25, 0.3) is 0 Å². The van der Waals surface area contributed by atoms with E-state index in [9.17, 15) is 9.59 Å². The molecule has 0 radical (unpaired) electrons. The summed E-state index contributed by atoms with van der Waals surface area (Å²) < 4.78 is 17.5. The third-order valence-corrected chi connectivity index (χ3v) is 13.1. The summed E-state index contributed by atoms with van der Waals surface area (Å²) >= 11 is 0. The number of allylic oxidation sites excluding steroid dienone is 10. The first-order valence-corrected chi connectivity index (χ1v) is 29.8. The summed E-state index contributed by atoms with van der Waals surface area (Å²) in [4.78, 5) is 25.3. The van der Waals surface area contributed by atoms with Crippen molar-refractivity contribution in [2.24, 2.45) is 0 Å². The Morgan fingerprint density at radius 1 is 0.309 bits per heavy atom. The highest BCUT2D eigenvalue weighted by Gasteiger charge is 2.16. The second-order valence-electron chi connectivity index (χ2n) is 19.9. The van der Waals surface area contributed by atoms with Gasteiger partial charge in [0.1, 0.15) is 19.3 Å². The van der Waals surface area contributed by atoms with Crippen LogP contribution in [0.1, 0.15) is 303 Å². The van der Waals surface area contributed by atoms with Gasteiger partial charge in [-0.1, -0.05) is 268 Å². The molecule has 0 aromatic rings. The zero-order valence-corrected chi connectivity index (χ0v) is 45.6. The van der Waals surface area contributed by atoms with Gasteiger partial charge in [0.05, 0.1) is 0 Å². The molecule has 0 amide bonds. The average molecular weight is 952 g/mol. The number of hydrogen-bond acceptors (Lipinski definition) is 5. The van der Waals surface area contributed by atoms with E-state index in [2.05, 4.69) is 81.5 Å². The average Bonchev–Trinajstić information content (AvgIpc) is 3.34. The normalized spacial score (nSPS) is 12.6. The molecule has 0 aromatic heterocycles. The van der Waals surface area contributed by atoms with Crippen molar-refractivity contribution in [2.45, 2.75) is 309 Å². The minimum absolute atomic E-state index is 0.130. The van der Waals surface area contributed by atoms with Gasteiger partial charge in [-0.3, -0.25) is 9.59 Å². The molecule has 0 heterocycles. The van der Waals surface area contributed by atoms with Crippen molar-refractivity contribution in [1.29, 1.82) is 0 Å². The van der Waals surface area contributed by atoms with E-state index in [0.717, 1.165) is 57.8 Å². The number of rotatable bonds is 55. The Hall–Kier alpha value is -2.40. The summed E-state index contributed by atoms with van der Waals surface area (Å²) in [5.74, 6) is -0.387. The van der Waals surface area contributed by atoms with Crippen molar-refractivity contribution in [3.63, 3.8) is 0 Å². The van der Waals surface area contributed by atoms with E-state index < -0.39 is 6.10 Å². The molecule has 0 bridgehead atoms. The van der Waals surface area contributed by atoms with E-state index in [1.165, 1.54) is 212 Å². The van der Waals surface area contributed by atoms with Gasteiger partial charge in [0.15, 0.2) is 0 Å². The minimum atomic E-state index is -0.422. The van der Waals surface area contributed by atoms with E-state index in [0.29, 0.717) is 19.4 Å². The van der Waals surface area contributed by atoms with Gasteiger partial charge in [0.2, 0.25) is 0 Å². The number of hydrogen-bond donors (Lipinski definition) is 0. The molecule has 1 atom stereocenters. The van der Waals surface area contributed by atoms with E-state index in [4.69, 9.17) is 14.2 Å². The number of carbonyl (C=O) groups excluding carboxylic acids is 2. The summed E-state index contributed by atoms with van der Waals surface area (Å²) in [5, 5.41) is 0. The van der Waals surface area contributed by atoms with Gasteiger partial charge in [0, 0.05) is 19.4 Å². The van der Waals surface area contributed by atoms with Crippen molar-refractivity contribution in [3.05, 3.63) is 60.8 Å². The van der Waals surface area contributed by atoms with Crippen LogP contribution in [0, 0.1) is 0 Å². The number of unbranched alkanes of at least 4 members (excludes halogenated alkanes) is 34. The fraction of sp³-hybridized carbons (Fsp3) is 0.810. The molecule has 0 spiro atoms. The zero-order valence-electron chi connectivity index (χ0n) is 45.6. The van der Waals surface area contributed by atoms with Crippen molar-refractivity contribution < 1.29 is 23.8 Å². The van der Waals surface area contributed by atoms with E-state index in [-0.39, 0.29) is 25.2 Å². The Morgan fingerprint density at radius 2 is 0.574 bits per heavy atom. The van der Waals surface area contributed by atoms with Crippen LogP contribution in [0.3, 0.4) is 0 Å². The summed E-state index contributed by atoms with van der Waals surface area (Å²) in [5.41, 5.74) is 0. The van der Waals surface area contributed by atoms with Crippen LogP contribution in [0.4, 0.5) is 0 Å². The lowest BCUT2D eigenvalue weighted by atomic mass is 10.0. The number of ether oxygens (including phenoxy) is 3. The zero-order chi connectivity index (χ0) is 49.2. The fourth-order valence-corrected chi connectivity index (χ4v) is 8.53. The molecule has 5 nitrogen and oxygen atoms in total. The number of carbonyl (C=O) groups is 2. The van der Waals surface area contributed by atoms with Crippen LogP contribution < -0.4 is 0 Å². The summed E-state index contributed by atoms with van der Waals surface area (Å²) in [6, 6.07) is 0. The highest BCUT2D eigenvalue weighted by molar-refractivity contribution is 5.69. The van der Waals surface area contributed by atoms with Crippen molar-refractivity contribution in [3.8, 4) is 0 Å². The van der Waals surface area contributed by atoms with Gasteiger partial charge in [-0.2, -0.15) is 0 Å². The van der Waals surface area contributed by atoms with Crippen LogP contribution in [0.2, 0.25) is 0 Å². The minimum Gasteiger partial charge on any atom is -0.463 e. The highest BCUT2D eigenvalue weighted by atomic mass is 16.6. The van der Waals surface area contributed by atoms with Gasteiger partial charge >= 0.3 is 11.9 Å². The second-order valence-corrected chi connectivity index (χ2v) is 19.9. The smallest absolute Gasteiger partial charge is 0.305 e. The monoisotopic (exact) mass is 951 g/mol. The van der Waals surface area contributed by atoms with Crippen molar-refractivity contribution in [2.75, 3.05) is 19.8 Å². The van der Waals surface area contributed by atoms with Crippen molar-refractivity contribution >= 4 is 11.9 Å². The molecular weight excluding hydrogens is 837 g/mol. The molecule has 5 heteroatoms. The lowest BCUT2D eigenvalue weighted by Gasteiger charge is -2.18. The standard InChI is InChI=1S/C63H114O5/c1-4-7-10-13-16-19-22-25-28-31-32-34-36-39-42-45-48-51-54-57-63(65)68-60-61(66-58-55-52-49-46-43-40-37-30-27-24-21-18-15-12-9-6-3)59-67-62(64)56-53-50-47-44-41-38-35-33-29-26-23-20-17-14-11-8-5-2/h17,20,25-26,28-29,35,38,44,47,61H,4-16,18-19,21-24,27,30-34,36-37,39-43,45-46,48-60H2,1-3H3/b20-17-,28-25-,29-26-,38-35-,47-44-/t61-/m1/s1. The maximum Gasteiger partial charge on any atom is 0.305 e. The first-order chi connectivity index (χ1) is 33.6. The predicted molar refractivity (Wildman–Crippen MR) is 298 cm³/mol. The molecule has 0 aliphatic heterocycles. The molecule has 0 aromatic carbocycles. The summed E-state index contributed by atoms with van der Waals surface area (Å²) in [6.45, 7) is 7.68. The lowest BCUT2D eigenvalue weighted by Crippen LogP contribution is -2.29.